The van der Waals surface area contributed by atoms with Crippen molar-refractivity contribution in [2.24, 2.45) is 0 Å². The minimum absolute atomic E-state index is 0.00787. The third kappa shape index (κ3) is 9.34. The standard InChI is InChI=1S/C27H38BrN3O5S/c1-6-20(3)29-27(33)21(4)30(19-22-12-10-13-23(28)18-22)26(32)16-11-17-31(37(5,34)35)24-14-8-9-15-25(24)36-7-2/h8-10,12-15,18,20-21H,6-7,11,16-17,19H2,1-5H3,(H,29,33)/t20-,21-/m0/s1. The van der Waals surface area contributed by atoms with Gasteiger partial charge in [0.1, 0.15) is 11.8 Å². The molecule has 204 valence electrons. The first-order valence-electron chi connectivity index (χ1n) is 12.5. The number of hydrogen-bond donors (Lipinski definition) is 1. The van der Waals surface area contributed by atoms with Crippen LogP contribution in [0.2, 0.25) is 0 Å². The van der Waals surface area contributed by atoms with Gasteiger partial charge in [-0.1, -0.05) is 47.1 Å². The monoisotopic (exact) mass is 595 g/mol. The van der Waals surface area contributed by atoms with Gasteiger partial charge in [-0.15, -0.1) is 0 Å². The number of halogens is 1. The molecule has 0 unspecified atom stereocenters. The second-order valence-electron chi connectivity index (χ2n) is 8.98. The maximum Gasteiger partial charge on any atom is 0.242 e. The van der Waals surface area contributed by atoms with Gasteiger partial charge in [-0.25, -0.2) is 8.42 Å². The Balaban J connectivity index is 2.21. The lowest BCUT2D eigenvalue weighted by Crippen LogP contribution is -2.49. The number of sulfonamides is 1. The van der Waals surface area contributed by atoms with E-state index in [4.69, 9.17) is 4.74 Å². The molecule has 0 aliphatic heterocycles. The predicted molar refractivity (Wildman–Crippen MR) is 151 cm³/mol. The molecule has 10 heteroatoms. The first kappa shape index (κ1) is 30.6. The van der Waals surface area contributed by atoms with E-state index in [0.717, 1.165) is 22.7 Å². The average molecular weight is 597 g/mol. The third-order valence-corrected chi connectivity index (χ3v) is 7.67. The van der Waals surface area contributed by atoms with Crippen LogP contribution in [-0.2, 0) is 26.2 Å². The van der Waals surface area contributed by atoms with E-state index in [9.17, 15) is 18.0 Å². The smallest absolute Gasteiger partial charge is 0.242 e. The van der Waals surface area contributed by atoms with Crippen molar-refractivity contribution in [2.75, 3.05) is 23.7 Å². The zero-order valence-electron chi connectivity index (χ0n) is 22.2. The molecule has 0 spiro atoms. The molecule has 0 bridgehead atoms. The van der Waals surface area contributed by atoms with E-state index >= 15 is 0 Å². The molecule has 0 heterocycles. The van der Waals surface area contributed by atoms with Gasteiger partial charge < -0.3 is 15.0 Å². The Kier molecular flexibility index (Phi) is 11.9. The zero-order chi connectivity index (χ0) is 27.6. The highest BCUT2D eigenvalue weighted by Gasteiger charge is 2.27. The molecule has 2 atom stereocenters. The molecule has 0 saturated carbocycles. The minimum atomic E-state index is -3.62. The number of nitrogens with one attached hydrogen (secondary N) is 1. The van der Waals surface area contributed by atoms with Crippen molar-refractivity contribution in [1.82, 2.24) is 10.2 Å². The van der Waals surface area contributed by atoms with E-state index in [1.807, 2.05) is 45.0 Å². The Morgan fingerprint density at radius 2 is 1.78 bits per heavy atom. The lowest BCUT2D eigenvalue weighted by atomic mass is 10.1. The van der Waals surface area contributed by atoms with Crippen LogP contribution in [-0.4, -0.2) is 56.6 Å². The van der Waals surface area contributed by atoms with Crippen molar-refractivity contribution < 1.29 is 22.7 Å². The van der Waals surface area contributed by atoms with Crippen LogP contribution >= 0.6 is 15.9 Å². The van der Waals surface area contributed by atoms with Crippen LogP contribution in [0.5, 0.6) is 5.75 Å². The number of carbonyl (C=O) groups excluding carboxylic acids is 2. The lowest BCUT2D eigenvalue weighted by molar-refractivity contribution is -0.140. The van der Waals surface area contributed by atoms with Crippen LogP contribution in [0, 0.1) is 0 Å². The molecule has 0 aliphatic rings. The number of benzene rings is 2. The van der Waals surface area contributed by atoms with Gasteiger partial charge in [0.15, 0.2) is 0 Å². The van der Waals surface area contributed by atoms with E-state index in [0.29, 0.717) is 18.0 Å². The Morgan fingerprint density at radius 3 is 2.41 bits per heavy atom. The van der Waals surface area contributed by atoms with E-state index in [2.05, 4.69) is 21.2 Å². The predicted octanol–water partition coefficient (Wildman–Crippen LogP) is 4.73. The molecule has 2 aromatic rings. The number of nitrogens with zero attached hydrogens (tertiary/aromatic N) is 2. The molecule has 0 radical (unpaired) electrons. The Hall–Kier alpha value is -2.59. The minimum Gasteiger partial charge on any atom is -0.492 e. The van der Waals surface area contributed by atoms with Gasteiger partial charge >= 0.3 is 0 Å². The summed E-state index contributed by atoms with van der Waals surface area (Å²) in [6, 6.07) is 13.8. The summed E-state index contributed by atoms with van der Waals surface area (Å²) in [5.41, 5.74) is 1.32. The molecular formula is C27H38BrN3O5S. The number of rotatable bonds is 14. The van der Waals surface area contributed by atoms with Gasteiger partial charge in [-0.05, 0) is 63.4 Å². The number of hydrogen-bond acceptors (Lipinski definition) is 5. The number of amides is 2. The first-order valence-corrected chi connectivity index (χ1v) is 15.2. The highest BCUT2D eigenvalue weighted by Crippen LogP contribution is 2.30. The van der Waals surface area contributed by atoms with Crippen LogP contribution in [0.25, 0.3) is 0 Å². The molecule has 2 rings (SSSR count). The van der Waals surface area contributed by atoms with E-state index in [1.54, 1.807) is 36.1 Å². The van der Waals surface area contributed by atoms with Crippen molar-refractivity contribution in [3.05, 3.63) is 58.6 Å². The second kappa shape index (κ2) is 14.4. The van der Waals surface area contributed by atoms with Crippen molar-refractivity contribution in [3.8, 4) is 5.75 Å². The van der Waals surface area contributed by atoms with Crippen LogP contribution < -0.4 is 14.4 Å². The number of ether oxygens (including phenoxy) is 1. The summed E-state index contributed by atoms with van der Waals surface area (Å²) in [5.74, 6) is 0.0211. The fourth-order valence-electron chi connectivity index (χ4n) is 3.80. The highest BCUT2D eigenvalue weighted by atomic mass is 79.9. The van der Waals surface area contributed by atoms with Crippen LogP contribution in [0.1, 0.15) is 52.5 Å². The summed E-state index contributed by atoms with van der Waals surface area (Å²) >= 11 is 3.46. The molecule has 1 N–H and O–H groups in total. The van der Waals surface area contributed by atoms with Gasteiger partial charge in [0, 0.05) is 30.0 Å². The molecule has 2 aromatic carbocycles. The summed E-state index contributed by atoms with van der Waals surface area (Å²) in [5, 5.41) is 2.95. The van der Waals surface area contributed by atoms with E-state index < -0.39 is 16.1 Å². The van der Waals surface area contributed by atoms with Gasteiger partial charge in [0.05, 0.1) is 18.6 Å². The fourth-order valence-corrected chi connectivity index (χ4v) is 5.22. The van der Waals surface area contributed by atoms with Gasteiger partial charge in [-0.2, -0.15) is 0 Å². The Morgan fingerprint density at radius 1 is 1.08 bits per heavy atom. The molecule has 0 saturated heterocycles. The zero-order valence-corrected chi connectivity index (χ0v) is 24.6. The molecule has 37 heavy (non-hydrogen) atoms. The SMILES string of the molecule is CCOc1ccccc1N(CCCC(=O)N(Cc1cccc(Br)c1)[C@@H](C)C(=O)N[C@@H](C)CC)S(C)(=O)=O. The summed E-state index contributed by atoms with van der Waals surface area (Å²) < 4.78 is 33.0. The largest absolute Gasteiger partial charge is 0.492 e. The maximum absolute atomic E-state index is 13.4. The van der Waals surface area contributed by atoms with Crippen molar-refractivity contribution >= 4 is 43.5 Å². The van der Waals surface area contributed by atoms with Gasteiger partial charge in [-0.3, -0.25) is 13.9 Å². The number of para-hydroxylation sites is 2. The Labute approximate surface area is 229 Å². The first-order chi connectivity index (χ1) is 17.5. The molecule has 8 nitrogen and oxygen atoms in total. The van der Waals surface area contributed by atoms with Crippen LogP contribution in [0.4, 0.5) is 5.69 Å². The van der Waals surface area contributed by atoms with Crippen LogP contribution in [0.15, 0.2) is 53.0 Å². The summed E-state index contributed by atoms with van der Waals surface area (Å²) in [6.07, 6.45) is 2.28. The average Bonchev–Trinajstić information content (AvgIpc) is 2.84. The molecule has 0 aromatic heterocycles. The topological polar surface area (TPSA) is 96.0 Å². The summed E-state index contributed by atoms with van der Waals surface area (Å²) in [7, 11) is -3.62. The quantitative estimate of drug-likeness (QED) is 0.341. The summed E-state index contributed by atoms with van der Waals surface area (Å²) in [6.45, 7) is 8.22. The van der Waals surface area contributed by atoms with E-state index in [1.165, 1.54) is 4.31 Å². The van der Waals surface area contributed by atoms with Crippen LogP contribution in [0.3, 0.4) is 0 Å². The van der Waals surface area contributed by atoms with Crippen molar-refractivity contribution in [2.45, 2.75) is 65.6 Å². The number of anilines is 1. The fraction of sp³-hybridized carbons (Fsp3) is 0.481. The molecule has 0 fully saturated rings. The normalized spacial score (nSPS) is 12.9. The van der Waals surface area contributed by atoms with Crippen molar-refractivity contribution in [3.63, 3.8) is 0 Å². The van der Waals surface area contributed by atoms with Gasteiger partial charge in [0.25, 0.3) is 0 Å². The third-order valence-electron chi connectivity index (χ3n) is 6.00. The van der Waals surface area contributed by atoms with Crippen molar-refractivity contribution in [1.29, 1.82) is 0 Å². The highest BCUT2D eigenvalue weighted by molar-refractivity contribution is 9.10. The van der Waals surface area contributed by atoms with Gasteiger partial charge in [0.2, 0.25) is 21.8 Å². The Bertz CT molecular complexity index is 1160. The van der Waals surface area contributed by atoms with E-state index in [-0.39, 0.29) is 43.8 Å². The second-order valence-corrected chi connectivity index (χ2v) is 11.8. The maximum atomic E-state index is 13.4. The lowest BCUT2D eigenvalue weighted by Gasteiger charge is -2.30. The molecule has 0 aliphatic carbocycles. The number of carbonyl (C=O) groups is 2. The summed E-state index contributed by atoms with van der Waals surface area (Å²) in [4.78, 5) is 27.9. The molecule has 2 amide bonds. The molecular weight excluding hydrogens is 558 g/mol.